The number of hydrogen-bond acceptors (Lipinski definition) is 3. The first-order chi connectivity index (χ1) is 8.85. The van der Waals surface area contributed by atoms with Crippen molar-refractivity contribution in [2.75, 3.05) is 13.1 Å². The molecule has 0 unspecified atom stereocenters. The highest BCUT2D eigenvalue weighted by molar-refractivity contribution is 5.20. The van der Waals surface area contributed by atoms with Gasteiger partial charge in [-0.25, -0.2) is 0 Å². The Hall–Kier alpha value is -1.19. The highest BCUT2D eigenvalue weighted by Gasteiger charge is 2.28. The SMILES string of the molecule is C=CCN(Cc1ncccc1CNCC)C1CC1. The fourth-order valence-corrected chi connectivity index (χ4v) is 2.17. The van der Waals surface area contributed by atoms with Crippen LogP contribution in [0.2, 0.25) is 0 Å². The van der Waals surface area contributed by atoms with Crippen LogP contribution in [0.15, 0.2) is 31.0 Å². The molecule has 3 heteroatoms. The summed E-state index contributed by atoms with van der Waals surface area (Å²) in [5.74, 6) is 0. The molecule has 0 atom stereocenters. The van der Waals surface area contributed by atoms with Gasteiger partial charge in [-0.2, -0.15) is 0 Å². The minimum absolute atomic E-state index is 0.747. The Bertz CT molecular complexity index is 385. The molecule has 0 aliphatic heterocycles. The largest absolute Gasteiger partial charge is 0.313 e. The fraction of sp³-hybridized carbons (Fsp3) is 0.533. The maximum absolute atomic E-state index is 4.55. The predicted molar refractivity (Wildman–Crippen MR) is 75.2 cm³/mol. The quantitative estimate of drug-likeness (QED) is 0.713. The third-order valence-corrected chi connectivity index (χ3v) is 3.33. The zero-order valence-electron chi connectivity index (χ0n) is 11.2. The summed E-state index contributed by atoms with van der Waals surface area (Å²) in [5.41, 5.74) is 2.52. The molecular formula is C15H23N3. The van der Waals surface area contributed by atoms with Crippen LogP contribution < -0.4 is 5.32 Å². The van der Waals surface area contributed by atoms with E-state index in [1.807, 2.05) is 18.3 Å². The molecule has 3 nitrogen and oxygen atoms in total. The minimum Gasteiger partial charge on any atom is -0.313 e. The van der Waals surface area contributed by atoms with Crippen LogP contribution in [0.25, 0.3) is 0 Å². The third kappa shape index (κ3) is 3.65. The summed E-state index contributed by atoms with van der Waals surface area (Å²) in [6, 6.07) is 4.94. The highest BCUT2D eigenvalue weighted by atomic mass is 15.2. The molecule has 0 bridgehead atoms. The van der Waals surface area contributed by atoms with Crippen molar-refractivity contribution in [1.29, 1.82) is 0 Å². The lowest BCUT2D eigenvalue weighted by atomic mass is 10.1. The molecule has 1 heterocycles. The van der Waals surface area contributed by atoms with E-state index in [0.717, 1.165) is 32.2 Å². The van der Waals surface area contributed by atoms with E-state index in [4.69, 9.17) is 0 Å². The van der Waals surface area contributed by atoms with Gasteiger partial charge in [-0.05, 0) is 31.0 Å². The molecule has 0 spiro atoms. The van der Waals surface area contributed by atoms with Crippen LogP contribution in [0, 0.1) is 0 Å². The lowest BCUT2D eigenvalue weighted by Gasteiger charge is -2.21. The van der Waals surface area contributed by atoms with Gasteiger partial charge in [0.25, 0.3) is 0 Å². The summed E-state index contributed by atoms with van der Waals surface area (Å²) in [4.78, 5) is 7.02. The van der Waals surface area contributed by atoms with E-state index >= 15 is 0 Å². The third-order valence-electron chi connectivity index (χ3n) is 3.33. The number of hydrogen-bond donors (Lipinski definition) is 1. The highest BCUT2D eigenvalue weighted by Crippen LogP contribution is 2.28. The molecule has 1 fully saturated rings. The number of rotatable bonds is 8. The Morgan fingerprint density at radius 3 is 3.06 bits per heavy atom. The van der Waals surface area contributed by atoms with Gasteiger partial charge in [0.1, 0.15) is 0 Å². The van der Waals surface area contributed by atoms with Crippen LogP contribution in [-0.4, -0.2) is 29.0 Å². The molecule has 0 amide bonds. The van der Waals surface area contributed by atoms with Crippen molar-refractivity contribution < 1.29 is 0 Å². The van der Waals surface area contributed by atoms with Gasteiger partial charge in [0.2, 0.25) is 0 Å². The topological polar surface area (TPSA) is 28.2 Å². The number of nitrogens with one attached hydrogen (secondary N) is 1. The second-order valence-corrected chi connectivity index (χ2v) is 4.84. The summed E-state index contributed by atoms with van der Waals surface area (Å²) >= 11 is 0. The Labute approximate surface area is 110 Å². The maximum Gasteiger partial charge on any atom is 0.0589 e. The van der Waals surface area contributed by atoms with Crippen LogP contribution in [0.1, 0.15) is 31.0 Å². The molecule has 1 aromatic heterocycles. The van der Waals surface area contributed by atoms with Crippen molar-refractivity contribution >= 4 is 0 Å². The predicted octanol–water partition coefficient (Wildman–Crippen LogP) is 2.34. The number of pyridine rings is 1. The van der Waals surface area contributed by atoms with Crippen molar-refractivity contribution in [3.05, 3.63) is 42.2 Å². The zero-order chi connectivity index (χ0) is 12.8. The second kappa shape index (κ2) is 6.66. The van der Waals surface area contributed by atoms with E-state index in [0.29, 0.717) is 0 Å². The zero-order valence-corrected chi connectivity index (χ0v) is 11.2. The van der Waals surface area contributed by atoms with Crippen LogP contribution in [-0.2, 0) is 13.1 Å². The molecular weight excluding hydrogens is 222 g/mol. The van der Waals surface area contributed by atoms with E-state index in [9.17, 15) is 0 Å². The van der Waals surface area contributed by atoms with Gasteiger partial charge in [-0.3, -0.25) is 9.88 Å². The summed E-state index contributed by atoms with van der Waals surface area (Å²) in [5, 5.41) is 3.38. The molecule has 1 aliphatic carbocycles. The molecule has 18 heavy (non-hydrogen) atoms. The Morgan fingerprint density at radius 2 is 2.39 bits per heavy atom. The Kier molecular flexibility index (Phi) is 4.90. The normalized spacial score (nSPS) is 15.0. The summed E-state index contributed by atoms with van der Waals surface area (Å²) in [6.45, 7) is 9.78. The van der Waals surface area contributed by atoms with Crippen molar-refractivity contribution in [2.24, 2.45) is 0 Å². The van der Waals surface area contributed by atoms with Gasteiger partial charge in [0, 0.05) is 31.9 Å². The van der Waals surface area contributed by atoms with Crippen molar-refractivity contribution in [3.63, 3.8) is 0 Å². The van der Waals surface area contributed by atoms with Crippen molar-refractivity contribution in [2.45, 2.75) is 38.9 Å². The monoisotopic (exact) mass is 245 g/mol. The average Bonchev–Trinajstić information content (AvgIpc) is 3.21. The number of nitrogens with zero attached hydrogens (tertiary/aromatic N) is 2. The van der Waals surface area contributed by atoms with Crippen LogP contribution in [0.5, 0.6) is 0 Å². The van der Waals surface area contributed by atoms with Gasteiger partial charge < -0.3 is 5.32 Å². The first-order valence-electron chi connectivity index (χ1n) is 6.83. The van der Waals surface area contributed by atoms with E-state index in [2.05, 4.69) is 34.8 Å². The average molecular weight is 245 g/mol. The van der Waals surface area contributed by atoms with Crippen LogP contribution >= 0.6 is 0 Å². The smallest absolute Gasteiger partial charge is 0.0589 e. The fourth-order valence-electron chi connectivity index (χ4n) is 2.17. The standard InChI is InChI=1S/C15H23N3/c1-3-10-18(14-7-8-14)12-15-13(11-16-4-2)6-5-9-17-15/h3,5-6,9,14,16H,1,4,7-8,10-12H2,2H3. The van der Waals surface area contributed by atoms with Gasteiger partial charge in [0.05, 0.1) is 5.69 Å². The lowest BCUT2D eigenvalue weighted by Crippen LogP contribution is -2.27. The molecule has 1 saturated carbocycles. The van der Waals surface area contributed by atoms with E-state index in [1.54, 1.807) is 0 Å². The Morgan fingerprint density at radius 1 is 1.56 bits per heavy atom. The van der Waals surface area contributed by atoms with E-state index in [1.165, 1.54) is 24.1 Å². The van der Waals surface area contributed by atoms with Crippen LogP contribution in [0.4, 0.5) is 0 Å². The van der Waals surface area contributed by atoms with E-state index in [-0.39, 0.29) is 0 Å². The summed E-state index contributed by atoms with van der Waals surface area (Å²) in [6.07, 6.45) is 6.53. The molecule has 98 valence electrons. The van der Waals surface area contributed by atoms with Gasteiger partial charge in [0.15, 0.2) is 0 Å². The Balaban J connectivity index is 2.03. The molecule has 0 saturated heterocycles. The second-order valence-electron chi connectivity index (χ2n) is 4.84. The molecule has 1 aromatic rings. The number of aromatic nitrogens is 1. The van der Waals surface area contributed by atoms with Gasteiger partial charge in [-0.15, -0.1) is 6.58 Å². The van der Waals surface area contributed by atoms with Crippen LogP contribution in [0.3, 0.4) is 0 Å². The molecule has 0 radical (unpaired) electrons. The summed E-state index contributed by atoms with van der Waals surface area (Å²) < 4.78 is 0. The maximum atomic E-state index is 4.55. The summed E-state index contributed by atoms with van der Waals surface area (Å²) in [7, 11) is 0. The van der Waals surface area contributed by atoms with Crippen molar-refractivity contribution in [3.8, 4) is 0 Å². The lowest BCUT2D eigenvalue weighted by molar-refractivity contribution is 0.279. The minimum atomic E-state index is 0.747. The van der Waals surface area contributed by atoms with Gasteiger partial charge in [-0.1, -0.05) is 19.1 Å². The van der Waals surface area contributed by atoms with Crippen molar-refractivity contribution in [1.82, 2.24) is 15.2 Å². The van der Waals surface area contributed by atoms with Gasteiger partial charge >= 0.3 is 0 Å². The van der Waals surface area contributed by atoms with E-state index < -0.39 is 0 Å². The first-order valence-corrected chi connectivity index (χ1v) is 6.83. The first kappa shape index (κ1) is 13.2. The molecule has 1 N–H and O–H groups in total. The molecule has 0 aromatic carbocycles. The molecule has 1 aliphatic rings. The molecule has 2 rings (SSSR count).